The maximum absolute atomic E-state index is 13.5. The van der Waals surface area contributed by atoms with Crippen molar-refractivity contribution in [1.29, 1.82) is 0 Å². The van der Waals surface area contributed by atoms with Gasteiger partial charge < -0.3 is 4.74 Å². The second-order valence-corrected chi connectivity index (χ2v) is 4.19. The minimum atomic E-state index is -1.17. The SMILES string of the molecule is COc1ccc(C(=O)c2cccc(F)c2F)cc1Cl. The quantitative estimate of drug-likeness (QED) is 0.799. The maximum Gasteiger partial charge on any atom is 0.196 e. The number of carbonyl (C=O) groups is 1. The van der Waals surface area contributed by atoms with E-state index in [9.17, 15) is 13.6 Å². The first-order chi connectivity index (χ1) is 9.04. The molecule has 0 saturated heterocycles. The number of hydrogen-bond donors (Lipinski definition) is 0. The first kappa shape index (κ1) is 13.5. The molecule has 0 fully saturated rings. The van der Waals surface area contributed by atoms with Crippen LogP contribution in [0.5, 0.6) is 5.75 Å². The molecular weight excluding hydrogens is 274 g/mol. The van der Waals surface area contributed by atoms with Crippen molar-refractivity contribution >= 4 is 17.4 Å². The lowest BCUT2D eigenvalue weighted by molar-refractivity contribution is 0.103. The highest BCUT2D eigenvalue weighted by Crippen LogP contribution is 2.26. The highest BCUT2D eigenvalue weighted by atomic mass is 35.5. The molecule has 0 N–H and O–H groups in total. The number of carbonyl (C=O) groups excluding carboxylic acids is 1. The summed E-state index contributed by atoms with van der Waals surface area (Å²) in [5, 5.41) is 0.227. The van der Waals surface area contributed by atoms with Crippen LogP contribution in [0, 0.1) is 11.6 Å². The van der Waals surface area contributed by atoms with Crippen molar-refractivity contribution in [3.63, 3.8) is 0 Å². The Morgan fingerprint density at radius 2 is 1.95 bits per heavy atom. The van der Waals surface area contributed by atoms with E-state index in [4.69, 9.17) is 16.3 Å². The molecule has 0 atom stereocenters. The van der Waals surface area contributed by atoms with Gasteiger partial charge in [-0.15, -0.1) is 0 Å². The zero-order chi connectivity index (χ0) is 14.0. The van der Waals surface area contributed by atoms with Crippen molar-refractivity contribution in [3.8, 4) is 5.75 Å². The second kappa shape index (κ2) is 5.36. The van der Waals surface area contributed by atoms with Crippen LogP contribution in [-0.4, -0.2) is 12.9 Å². The Hall–Kier alpha value is -1.94. The highest BCUT2D eigenvalue weighted by molar-refractivity contribution is 6.32. The fraction of sp³-hybridized carbons (Fsp3) is 0.0714. The van der Waals surface area contributed by atoms with Gasteiger partial charge in [0, 0.05) is 5.56 Å². The minimum Gasteiger partial charge on any atom is -0.495 e. The highest BCUT2D eigenvalue weighted by Gasteiger charge is 2.17. The number of halogens is 3. The lowest BCUT2D eigenvalue weighted by Gasteiger charge is -2.06. The number of hydrogen-bond acceptors (Lipinski definition) is 2. The van der Waals surface area contributed by atoms with Gasteiger partial charge in [0.25, 0.3) is 0 Å². The molecule has 0 spiro atoms. The number of rotatable bonds is 3. The van der Waals surface area contributed by atoms with Crippen molar-refractivity contribution in [2.75, 3.05) is 7.11 Å². The third-order valence-corrected chi connectivity index (χ3v) is 2.91. The van der Waals surface area contributed by atoms with Crippen LogP contribution in [-0.2, 0) is 0 Å². The second-order valence-electron chi connectivity index (χ2n) is 3.78. The fourth-order valence-electron chi connectivity index (χ4n) is 1.64. The Bertz CT molecular complexity index is 641. The van der Waals surface area contributed by atoms with Crippen LogP contribution in [0.2, 0.25) is 5.02 Å². The molecule has 0 bridgehead atoms. The molecule has 0 aromatic heterocycles. The molecule has 0 heterocycles. The van der Waals surface area contributed by atoms with Crippen LogP contribution in [0.25, 0.3) is 0 Å². The average Bonchev–Trinajstić information content (AvgIpc) is 2.41. The number of ether oxygens (including phenoxy) is 1. The van der Waals surface area contributed by atoms with E-state index in [1.807, 2.05) is 0 Å². The van der Waals surface area contributed by atoms with Gasteiger partial charge in [0.15, 0.2) is 17.4 Å². The van der Waals surface area contributed by atoms with Gasteiger partial charge in [-0.05, 0) is 30.3 Å². The standard InChI is InChI=1S/C14H9ClF2O2/c1-19-12-6-5-8(7-10(12)15)14(18)9-3-2-4-11(16)13(9)17/h2-7H,1H3. The minimum absolute atomic E-state index is 0.162. The number of ketones is 1. The van der Waals surface area contributed by atoms with Gasteiger partial charge >= 0.3 is 0 Å². The summed E-state index contributed by atoms with van der Waals surface area (Å²) in [5.74, 6) is -2.47. The Morgan fingerprint density at radius 3 is 2.58 bits per heavy atom. The predicted octanol–water partition coefficient (Wildman–Crippen LogP) is 3.86. The van der Waals surface area contributed by atoms with Crippen LogP contribution in [0.4, 0.5) is 8.78 Å². The molecule has 98 valence electrons. The monoisotopic (exact) mass is 282 g/mol. The molecule has 0 amide bonds. The molecule has 2 aromatic carbocycles. The Balaban J connectivity index is 2.44. The molecule has 0 aliphatic rings. The van der Waals surface area contributed by atoms with Gasteiger partial charge in [-0.1, -0.05) is 17.7 Å². The fourth-order valence-corrected chi connectivity index (χ4v) is 1.90. The van der Waals surface area contributed by atoms with E-state index in [2.05, 4.69) is 0 Å². The van der Waals surface area contributed by atoms with Crippen molar-refractivity contribution < 1.29 is 18.3 Å². The third-order valence-electron chi connectivity index (χ3n) is 2.61. The molecule has 0 unspecified atom stereocenters. The topological polar surface area (TPSA) is 26.3 Å². The maximum atomic E-state index is 13.5. The molecule has 2 aromatic rings. The molecule has 0 aliphatic carbocycles. The van der Waals surface area contributed by atoms with Crippen LogP contribution < -0.4 is 4.74 Å². The van der Waals surface area contributed by atoms with E-state index in [0.717, 1.165) is 6.07 Å². The van der Waals surface area contributed by atoms with Gasteiger partial charge in [-0.3, -0.25) is 4.79 Å². The zero-order valence-corrected chi connectivity index (χ0v) is 10.7. The molecule has 5 heteroatoms. The van der Waals surface area contributed by atoms with Crippen LogP contribution in [0.1, 0.15) is 15.9 Å². The van der Waals surface area contributed by atoms with E-state index in [0.29, 0.717) is 5.75 Å². The molecule has 2 nitrogen and oxygen atoms in total. The zero-order valence-electron chi connectivity index (χ0n) is 9.91. The Labute approximate surface area is 113 Å². The molecule has 0 aliphatic heterocycles. The summed E-state index contributed by atoms with van der Waals surface area (Å²) in [6, 6.07) is 7.74. The Morgan fingerprint density at radius 1 is 1.21 bits per heavy atom. The van der Waals surface area contributed by atoms with Gasteiger partial charge in [-0.25, -0.2) is 8.78 Å². The number of methoxy groups -OCH3 is 1. The van der Waals surface area contributed by atoms with E-state index in [-0.39, 0.29) is 16.1 Å². The van der Waals surface area contributed by atoms with Crippen molar-refractivity contribution in [2.24, 2.45) is 0 Å². The third kappa shape index (κ3) is 2.58. The first-order valence-corrected chi connectivity index (χ1v) is 5.74. The molecule has 0 radical (unpaired) electrons. The summed E-state index contributed by atoms with van der Waals surface area (Å²) in [6.07, 6.45) is 0. The summed E-state index contributed by atoms with van der Waals surface area (Å²) in [6.45, 7) is 0. The van der Waals surface area contributed by atoms with Gasteiger partial charge in [0.1, 0.15) is 5.75 Å². The Kier molecular flexibility index (Phi) is 3.81. The normalized spacial score (nSPS) is 10.3. The molecule has 2 rings (SSSR count). The van der Waals surface area contributed by atoms with Crippen molar-refractivity contribution in [3.05, 3.63) is 64.2 Å². The van der Waals surface area contributed by atoms with Gasteiger partial charge in [0.05, 0.1) is 17.7 Å². The lowest BCUT2D eigenvalue weighted by Crippen LogP contribution is -2.06. The average molecular weight is 283 g/mol. The largest absolute Gasteiger partial charge is 0.495 e. The van der Waals surface area contributed by atoms with E-state index in [1.165, 1.54) is 37.4 Å². The van der Waals surface area contributed by atoms with Gasteiger partial charge in [-0.2, -0.15) is 0 Å². The summed E-state index contributed by atoms with van der Waals surface area (Å²) >= 11 is 5.89. The van der Waals surface area contributed by atoms with Crippen LogP contribution in [0.15, 0.2) is 36.4 Å². The predicted molar refractivity (Wildman–Crippen MR) is 67.8 cm³/mol. The van der Waals surface area contributed by atoms with Crippen molar-refractivity contribution in [1.82, 2.24) is 0 Å². The van der Waals surface area contributed by atoms with E-state index < -0.39 is 17.4 Å². The molecular formula is C14H9ClF2O2. The summed E-state index contributed by atoms with van der Waals surface area (Å²) in [5.41, 5.74) is -0.170. The summed E-state index contributed by atoms with van der Waals surface area (Å²) < 4.78 is 31.6. The molecule has 0 saturated carbocycles. The lowest BCUT2D eigenvalue weighted by atomic mass is 10.0. The summed E-state index contributed by atoms with van der Waals surface area (Å²) in [7, 11) is 1.44. The summed E-state index contributed by atoms with van der Waals surface area (Å²) in [4.78, 5) is 12.1. The first-order valence-electron chi connectivity index (χ1n) is 5.37. The van der Waals surface area contributed by atoms with Crippen LogP contribution >= 0.6 is 11.6 Å². The van der Waals surface area contributed by atoms with Crippen LogP contribution in [0.3, 0.4) is 0 Å². The van der Waals surface area contributed by atoms with Gasteiger partial charge in [0.2, 0.25) is 0 Å². The number of benzene rings is 2. The smallest absolute Gasteiger partial charge is 0.196 e. The molecule has 19 heavy (non-hydrogen) atoms. The van der Waals surface area contributed by atoms with E-state index in [1.54, 1.807) is 0 Å². The van der Waals surface area contributed by atoms with E-state index >= 15 is 0 Å². The van der Waals surface area contributed by atoms with Crippen molar-refractivity contribution in [2.45, 2.75) is 0 Å².